The van der Waals surface area contributed by atoms with Gasteiger partial charge in [0.15, 0.2) is 0 Å². The van der Waals surface area contributed by atoms with Crippen LogP contribution in [0.1, 0.15) is 6.42 Å². The highest BCUT2D eigenvalue weighted by atomic mass is 16.1. The first-order valence-electron chi connectivity index (χ1n) is 5.34. The van der Waals surface area contributed by atoms with Crippen LogP contribution in [0.4, 0.5) is 0 Å². The predicted molar refractivity (Wildman–Crippen MR) is 66.4 cm³/mol. The molecule has 0 fully saturated rings. The molecule has 2 heterocycles. The fourth-order valence-corrected chi connectivity index (χ4v) is 1.84. The second-order valence-corrected chi connectivity index (χ2v) is 3.74. The number of hydrogen-bond acceptors (Lipinski definition) is 4. The Kier molecular flexibility index (Phi) is 2.26. The topological polar surface area (TPSA) is 54.7 Å². The van der Waals surface area contributed by atoms with E-state index in [4.69, 9.17) is 0 Å². The molecule has 0 amide bonds. The van der Waals surface area contributed by atoms with Crippen LogP contribution in [0.3, 0.4) is 0 Å². The second-order valence-electron chi connectivity index (χ2n) is 3.74. The summed E-state index contributed by atoms with van der Waals surface area (Å²) in [7, 11) is 0. The minimum Gasteiger partial charge on any atom is -0.287 e. The van der Waals surface area contributed by atoms with E-state index in [1.54, 1.807) is 24.5 Å². The summed E-state index contributed by atoms with van der Waals surface area (Å²) in [5, 5.41) is 9.60. The maximum absolute atomic E-state index is 12.3. The van der Waals surface area contributed by atoms with E-state index in [0.29, 0.717) is 22.7 Å². The molecule has 3 rings (SSSR count). The molecule has 82 valence electrons. The smallest absolute Gasteiger partial charge is 0.216 e. The fraction of sp³-hybridized carbons (Fsp3) is 0.0769. The molecule has 1 aromatic carbocycles. The Morgan fingerprint density at radius 2 is 2.12 bits per heavy atom. The quantitative estimate of drug-likeness (QED) is 0.648. The zero-order valence-electron chi connectivity index (χ0n) is 9.00. The third kappa shape index (κ3) is 1.63. The van der Waals surface area contributed by atoms with Crippen molar-refractivity contribution < 1.29 is 0 Å². The lowest BCUT2D eigenvalue weighted by atomic mass is 10.2. The lowest BCUT2D eigenvalue weighted by molar-refractivity contribution is 1.13. The Hall–Kier alpha value is -2.36. The molecule has 0 atom stereocenters. The van der Waals surface area contributed by atoms with Gasteiger partial charge in [-0.05, 0) is 18.2 Å². The monoisotopic (exact) mass is 223 g/mol. The van der Waals surface area contributed by atoms with Crippen LogP contribution in [-0.4, -0.2) is 11.2 Å². The van der Waals surface area contributed by atoms with Crippen LogP contribution in [-0.2, 0) is 0 Å². The average Bonchev–Trinajstić information content (AvgIpc) is 2.66. The van der Waals surface area contributed by atoms with Gasteiger partial charge in [-0.1, -0.05) is 12.1 Å². The van der Waals surface area contributed by atoms with Crippen molar-refractivity contribution in [2.75, 3.05) is 0 Å². The van der Waals surface area contributed by atoms with Crippen LogP contribution in [0.15, 0.2) is 45.5 Å². The second kappa shape index (κ2) is 3.90. The summed E-state index contributed by atoms with van der Waals surface area (Å²) in [6, 6.07) is 7.21. The standard InChI is InChI=1S/C13H9N3O/c17-13-10-4-2-7-14-11(10)6-5-9-3-1-8-15-16-12(9)13/h2-8H,1H2. The van der Waals surface area contributed by atoms with Crippen molar-refractivity contribution in [3.8, 4) is 0 Å². The van der Waals surface area contributed by atoms with Gasteiger partial charge in [0, 0.05) is 29.4 Å². The van der Waals surface area contributed by atoms with Gasteiger partial charge in [-0.2, -0.15) is 5.10 Å². The molecule has 0 N–H and O–H groups in total. The van der Waals surface area contributed by atoms with E-state index in [0.717, 1.165) is 5.22 Å². The van der Waals surface area contributed by atoms with E-state index in [1.807, 2.05) is 18.2 Å². The van der Waals surface area contributed by atoms with Gasteiger partial charge in [0.05, 0.1) is 5.52 Å². The number of nitrogens with zero attached hydrogens (tertiary/aromatic N) is 3. The molecular weight excluding hydrogens is 214 g/mol. The molecule has 0 saturated carbocycles. The van der Waals surface area contributed by atoms with Gasteiger partial charge in [0.2, 0.25) is 5.43 Å². The van der Waals surface area contributed by atoms with Crippen molar-refractivity contribution in [2.45, 2.75) is 6.42 Å². The molecule has 1 aliphatic heterocycles. The van der Waals surface area contributed by atoms with Crippen LogP contribution in [0, 0.1) is 0 Å². The average molecular weight is 223 g/mol. The summed E-state index contributed by atoms with van der Waals surface area (Å²) in [6.07, 6.45) is 5.98. The van der Waals surface area contributed by atoms with Crippen molar-refractivity contribution in [1.29, 1.82) is 0 Å². The summed E-state index contributed by atoms with van der Waals surface area (Å²) < 4.78 is 0. The molecule has 0 aliphatic carbocycles. The number of fused-ring (bicyclic) bond motifs is 2. The first-order chi connectivity index (χ1) is 8.36. The largest absolute Gasteiger partial charge is 0.287 e. The lowest BCUT2D eigenvalue weighted by Crippen LogP contribution is -2.35. The number of hydrogen-bond donors (Lipinski definition) is 0. The molecule has 4 nitrogen and oxygen atoms in total. The molecule has 0 unspecified atom stereocenters. The number of aromatic nitrogens is 1. The molecule has 1 aliphatic rings. The lowest BCUT2D eigenvalue weighted by Gasteiger charge is -1.86. The maximum Gasteiger partial charge on any atom is 0.216 e. The molecule has 0 bridgehead atoms. The molecule has 2 aromatic rings. The summed E-state index contributed by atoms with van der Waals surface area (Å²) in [5.74, 6) is 0. The van der Waals surface area contributed by atoms with Crippen LogP contribution in [0.2, 0.25) is 0 Å². The maximum atomic E-state index is 12.3. The summed E-state index contributed by atoms with van der Waals surface area (Å²) in [6.45, 7) is 0. The van der Waals surface area contributed by atoms with Crippen LogP contribution >= 0.6 is 0 Å². The minimum absolute atomic E-state index is 0.122. The van der Waals surface area contributed by atoms with Crippen LogP contribution < -0.4 is 16.0 Å². The van der Waals surface area contributed by atoms with E-state index in [2.05, 4.69) is 15.2 Å². The highest BCUT2D eigenvalue weighted by Crippen LogP contribution is 2.00. The Bertz CT molecular complexity index is 794. The highest BCUT2D eigenvalue weighted by Gasteiger charge is 2.01. The highest BCUT2D eigenvalue weighted by molar-refractivity contribution is 5.77. The van der Waals surface area contributed by atoms with Gasteiger partial charge in [0.1, 0.15) is 5.36 Å². The Balaban J connectivity index is 2.66. The molecular formula is C13H9N3O. The van der Waals surface area contributed by atoms with E-state index >= 15 is 0 Å². The minimum atomic E-state index is -0.122. The van der Waals surface area contributed by atoms with Crippen molar-refractivity contribution in [1.82, 2.24) is 4.98 Å². The van der Waals surface area contributed by atoms with Gasteiger partial charge in [0.25, 0.3) is 0 Å². The molecule has 0 radical (unpaired) electrons. The molecule has 1 aromatic heterocycles. The molecule has 17 heavy (non-hydrogen) atoms. The first kappa shape index (κ1) is 9.84. The molecule has 4 heteroatoms. The first-order valence-corrected chi connectivity index (χ1v) is 5.34. The van der Waals surface area contributed by atoms with Gasteiger partial charge in [-0.25, -0.2) is 0 Å². The van der Waals surface area contributed by atoms with Gasteiger partial charge in [-0.15, -0.1) is 5.10 Å². The van der Waals surface area contributed by atoms with Crippen molar-refractivity contribution in [3.05, 3.63) is 51.3 Å². The van der Waals surface area contributed by atoms with Crippen LogP contribution in [0.25, 0.3) is 17.0 Å². The number of rotatable bonds is 0. The SMILES string of the molecule is O=c1c2c(ccc3ncccc13)=CCC=NN=2. The zero-order valence-corrected chi connectivity index (χ0v) is 9.00. The third-order valence-electron chi connectivity index (χ3n) is 2.67. The van der Waals surface area contributed by atoms with Crippen molar-refractivity contribution >= 4 is 23.2 Å². The van der Waals surface area contributed by atoms with E-state index < -0.39 is 0 Å². The Labute approximate surface area is 96.7 Å². The molecule has 0 saturated heterocycles. The summed E-state index contributed by atoms with van der Waals surface area (Å²) >= 11 is 0. The predicted octanol–water partition coefficient (Wildman–Crippen LogP) is 0.385. The zero-order chi connectivity index (χ0) is 11.7. The van der Waals surface area contributed by atoms with Crippen molar-refractivity contribution in [3.63, 3.8) is 0 Å². The number of pyridine rings is 1. The van der Waals surface area contributed by atoms with Crippen LogP contribution in [0.5, 0.6) is 0 Å². The van der Waals surface area contributed by atoms with E-state index in [1.165, 1.54) is 0 Å². The van der Waals surface area contributed by atoms with Gasteiger partial charge < -0.3 is 0 Å². The summed E-state index contributed by atoms with van der Waals surface area (Å²) in [4.78, 5) is 16.5. The third-order valence-corrected chi connectivity index (χ3v) is 2.67. The molecule has 0 spiro atoms. The normalized spacial score (nSPS) is 13.4. The van der Waals surface area contributed by atoms with Crippen molar-refractivity contribution in [2.24, 2.45) is 10.2 Å². The van der Waals surface area contributed by atoms with Gasteiger partial charge in [-0.3, -0.25) is 9.78 Å². The van der Waals surface area contributed by atoms with E-state index in [-0.39, 0.29) is 5.43 Å². The Morgan fingerprint density at radius 1 is 1.18 bits per heavy atom. The van der Waals surface area contributed by atoms with E-state index in [9.17, 15) is 4.79 Å². The summed E-state index contributed by atoms with van der Waals surface area (Å²) in [5.41, 5.74) is 0.557. The Morgan fingerprint density at radius 3 is 3.06 bits per heavy atom. The fourth-order valence-electron chi connectivity index (χ4n) is 1.84. The van der Waals surface area contributed by atoms with Gasteiger partial charge >= 0.3 is 0 Å².